The first-order valence-electron chi connectivity index (χ1n) is 6.07. The van der Waals surface area contributed by atoms with Crippen LogP contribution >= 0.6 is 0 Å². The number of aliphatic hydroxyl groups excluding tert-OH is 1. The standard InChI is InChI=1S/C12H13N3O6/c13-11(17)8-3-6(15(20)21)1-2-9(8)14-5-7(16)4-10(14)12(18)19/h1-3,7,10,16H,4-5H2,(H2,13,17)(H,18,19). The van der Waals surface area contributed by atoms with Gasteiger partial charge in [-0.2, -0.15) is 0 Å². The number of nitrogens with zero attached hydrogens (tertiary/aromatic N) is 2. The molecule has 1 amide bonds. The Labute approximate surface area is 118 Å². The molecule has 0 bridgehead atoms. The number of carboxylic acids is 1. The van der Waals surface area contributed by atoms with Crippen molar-refractivity contribution in [1.82, 2.24) is 0 Å². The van der Waals surface area contributed by atoms with E-state index in [1.807, 2.05) is 0 Å². The van der Waals surface area contributed by atoms with Crippen molar-refractivity contribution in [3.8, 4) is 0 Å². The first-order valence-corrected chi connectivity index (χ1v) is 6.07. The lowest BCUT2D eigenvalue weighted by Crippen LogP contribution is -2.37. The van der Waals surface area contributed by atoms with Crippen LogP contribution < -0.4 is 10.6 Å². The van der Waals surface area contributed by atoms with Crippen molar-refractivity contribution in [2.45, 2.75) is 18.6 Å². The molecule has 0 aromatic heterocycles. The maximum Gasteiger partial charge on any atom is 0.326 e. The number of amides is 1. The van der Waals surface area contributed by atoms with Gasteiger partial charge in [-0.05, 0) is 6.07 Å². The number of anilines is 1. The number of aliphatic carboxylic acids is 1. The number of nitro benzene ring substituents is 1. The Bertz CT molecular complexity index is 617. The van der Waals surface area contributed by atoms with E-state index < -0.39 is 28.9 Å². The summed E-state index contributed by atoms with van der Waals surface area (Å²) in [5, 5.41) is 29.5. The molecule has 9 nitrogen and oxygen atoms in total. The minimum atomic E-state index is -1.15. The number of nitrogens with two attached hydrogens (primary N) is 1. The number of nitro groups is 1. The summed E-state index contributed by atoms with van der Waals surface area (Å²) in [6, 6.07) is 2.42. The van der Waals surface area contributed by atoms with Crippen LogP contribution in [-0.4, -0.2) is 45.7 Å². The molecule has 0 spiro atoms. The fourth-order valence-electron chi connectivity index (χ4n) is 2.40. The predicted octanol–water partition coefficient (Wildman–Crippen LogP) is -0.282. The highest BCUT2D eigenvalue weighted by molar-refractivity contribution is 6.00. The second kappa shape index (κ2) is 5.37. The zero-order chi connectivity index (χ0) is 15.7. The maximum absolute atomic E-state index is 11.5. The molecular weight excluding hydrogens is 282 g/mol. The molecule has 0 saturated carbocycles. The number of carbonyl (C=O) groups is 2. The first kappa shape index (κ1) is 14.7. The summed E-state index contributed by atoms with van der Waals surface area (Å²) >= 11 is 0. The van der Waals surface area contributed by atoms with Crippen molar-refractivity contribution in [3.63, 3.8) is 0 Å². The van der Waals surface area contributed by atoms with Crippen LogP contribution in [0.3, 0.4) is 0 Å². The van der Waals surface area contributed by atoms with Gasteiger partial charge < -0.3 is 20.8 Å². The zero-order valence-electron chi connectivity index (χ0n) is 10.8. The second-order valence-electron chi connectivity index (χ2n) is 4.72. The first-order chi connectivity index (χ1) is 9.81. The molecule has 1 aliphatic rings. The summed E-state index contributed by atoms with van der Waals surface area (Å²) in [7, 11) is 0. The topological polar surface area (TPSA) is 147 Å². The van der Waals surface area contributed by atoms with Gasteiger partial charge in [0.1, 0.15) is 6.04 Å². The molecule has 0 radical (unpaired) electrons. The molecule has 4 N–H and O–H groups in total. The van der Waals surface area contributed by atoms with Crippen LogP contribution in [0.1, 0.15) is 16.8 Å². The van der Waals surface area contributed by atoms with Crippen molar-refractivity contribution < 1.29 is 24.7 Å². The molecule has 112 valence electrons. The molecule has 2 rings (SSSR count). The third-order valence-corrected chi connectivity index (χ3v) is 3.33. The zero-order valence-corrected chi connectivity index (χ0v) is 10.8. The van der Waals surface area contributed by atoms with Crippen LogP contribution in [-0.2, 0) is 4.79 Å². The number of hydrogen-bond acceptors (Lipinski definition) is 6. The van der Waals surface area contributed by atoms with Crippen molar-refractivity contribution in [2.75, 3.05) is 11.4 Å². The molecule has 9 heteroatoms. The molecule has 21 heavy (non-hydrogen) atoms. The van der Waals surface area contributed by atoms with Crippen molar-refractivity contribution in [3.05, 3.63) is 33.9 Å². The van der Waals surface area contributed by atoms with Gasteiger partial charge in [0.15, 0.2) is 0 Å². The van der Waals surface area contributed by atoms with Crippen LogP contribution in [0, 0.1) is 10.1 Å². The fourth-order valence-corrected chi connectivity index (χ4v) is 2.40. The Kier molecular flexibility index (Phi) is 3.76. The Balaban J connectivity index is 2.50. The number of rotatable bonds is 4. The van der Waals surface area contributed by atoms with Gasteiger partial charge >= 0.3 is 5.97 Å². The lowest BCUT2D eigenvalue weighted by Gasteiger charge is -2.25. The number of primary amides is 1. The van der Waals surface area contributed by atoms with Gasteiger partial charge in [0, 0.05) is 25.1 Å². The summed E-state index contributed by atoms with van der Waals surface area (Å²) in [6.45, 7) is 0.00899. The minimum absolute atomic E-state index is 0.00449. The number of hydrogen-bond donors (Lipinski definition) is 3. The smallest absolute Gasteiger partial charge is 0.326 e. The van der Waals surface area contributed by atoms with Gasteiger partial charge in [-0.3, -0.25) is 14.9 Å². The van der Waals surface area contributed by atoms with Gasteiger partial charge in [-0.25, -0.2) is 4.79 Å². The minimum Gasteiger partial charge on any atom is -0.480 e. The quantitative estimate of drug-likeness (QED) is 0.511. The largest absolute Gasteiger partial charge is 0.480 e. The van der Waals surface area contributed by atoms with Crippen LogP contribution in [0.25, 0.3) is 0 Å². The van der Waals surface area contributed by atoms with E-state index in [2.05, 4.69) is 0 Å². The average Bonchev–Trinajstić information content (AvgIpc) is 2.80. The lowest BCUT2D eigenvalue weighted by atomic mass is 10.1. The molecular formula is C12H13N3O6. The fraction of sp³-hybridized carbons (Fsp3) is 0.333. The van der Waals surface area contributed by atoms with Crippen molar-refractivity contribution in [2.24, 2.45) is 5.73 Å². The highest BCUT2D eigenvalue weighted by Crippen LogP contribution is 2.31. The number of carboxylic acid groups (broad SMARTS) is 1. The summed E-state index contributed by atoms with van der Waals surface area (Å²) in [6.07, 6.45) is -0.855. The third-order valence-electron chi connectivity index (χ3n) is 3.33. The van der Waals surface area contributed by atoms with Gasteiger partial charge in [-0.1, -0.05) is 0 Å². The van der Waals surface area contributed by atoms with Crippen LogP contribution in [0.15, 0.2) is 18.2 Å². The summed E-state index contributed by atoms with van der Waals surface area (Å²) in [5.41, 5.74) is 4.90. The van der Waals surface area contributed by atoms with Gasteiger partial charge in [0.2, 0.25) is 0 Å². The van der Waals surface area contributed by atoms with Gasteiger partial charge in [-0.15, -0.1) is 0 Å². The van der Waals surface area contributed by atoms with Crippen LogP contribution in [0.4, 0.5) is 11.4 Å². The van der Waals surface area contributed by atoms with Gasteiger partial charge in [0.25, 0.3) is 11.6 Å². The van der Waals surface area contributed by atoms with Crippen LogP contribution in [0.5, 0.6) is 0 Å². The highest BCUT2D eigenvalue weighted by Gasteiger charge is 2.37. The van der Waals surface area contributed by atoms with E-state index in [1.165, 1.54) is 11.0 Å². The van der Waals surface area contributed by atoms with Gasteiger partial charge in [0.05, 0.1) is 22.3 Å². The molecule has 1 heterocycles. The molecule has 2 unspecified atom stereocenters. The van der Waals surface area contributed by atoms with E-state index in [9.17, 15) is 24.8 Å². The number of aliphatic hydroxyl groups is 1. The Hall–Kier alpha value is -2.68. The number of carbonyl (C=O) groups excluding carboxylic acids is 1. The summed E-state index contributed by atoms with van der Waals surface area (Å²) in [5.74, 6) is -2.06. The Morgan fingerprint density at radius 2 is 2.10 bits per heavy atom. The molecule has 0 aliphatic carbocycles. The number of non-ortho nitro benzene ring substituents is 1. The van der Waals surface area contributed by atoms with Crippen molar-refractivity contribution >= 4 is 23.3 Å². The Morgan fingerprint density at radius 3 is 2.62 bits per heavy atom. The second-order valence-corrected chi connectivity index (χ2v) is 4.72. The van der Waals surface area contributed by atoms with E-state index in [1.54, 1.807) is 0 Å². The van der Waals surface area contributed by atoms with Crippen LogP contribution in [0.2, 0.25) is 0 Å². The molecule has 1 aliphatic heterocycles. The highest BCUT2D eigenvalue weighted by atomic mass is 16.6. The Morgan fingerprint density at radius 1 is 1.43 bits per heavy atom. The SMILES string of the molecule is NC(=O)c1cc([N+](=O)[O-])ccc1N1CC(O)CC1C(=O)O. The molecule has 1 fully saturated rings. The van der Waals surface area contributed by atoms with E-state index in [0.717, 1.165) is 12.1 Å². The van der Waals surface area contributed by atoms with Crippen molar-refractivity contribution in [1.29, 1.82) is 0 Å². The third kappa shape index (κ3) is 2.77. The van der Waals surface area contributed by atoms with E-state index in [-0.39, 0.29) is 29.9 Å². The average molecular weight is 295 g/mol. The maximum atomic E-state index is 11.5. The monoisotopic (exact) mass is 295 g/mol. The molecule has 1 aromatic rings. The van der Waals surface area contributed by atoms with E-state index >= 15 is 0 Å². The molecule has 1 aromatic carbocycles. The summed E-state index contributed by atoms with van der Waals surface area (Å²) in [4.78, 5) is 34.1. The number of benzene rings is 1. The number of β-amino-alcohol motifs (C(OH)–C–C–N with tert-alkyl or cyclic N) is 1. The summed E-state index contributed by atoms with van der Waals surface area (Å²) < 4.78 is 0. The molecule has 2 atom stereocenters. The van der Waals surface area contributed by atoms with E-state index in [4.69, 9.17) is 10.8 Å². The molecule has 1 saturated heterocycles. The lowest BCUT2D eigenvalue weighted by molar-refractivity contribution is -0.384. The normalized spacial score (nSPS) is 21.3. The predicted molar refractivity (Wildman–Crippen MR) is 71.0 cm³/mol. The van der Waals surface area contributed by atoms with E-state index in [0.29, 0.717) is 0 Å².